The molecule has 0 spiro atoms. The number of Topliss-reactive ketones (excluding diaryl/α,β-unsaturated/α-hetero) is 2. The highest BCUT2D eigenvalue weighted by Crippen LogP contribution is 2.52. The number of carbonyl (C=O) groups is 2. The van der Waals surface area contributed by atoms with Gasteiger partial charge < -0.3 is 5.11 Å². The summed E-state index contributed by atoms with van der Waals surface area (Å²) in [5.74, 6) is 1.07. The van der Waals surface area contributed by atoms with Crippen molar-refractivity contribution >= 4 is 11.6 Å². The molecule has 0 aromatic heterocycles. The average Bonchev–Trinajstić information content (AvgIpc) is 2.67. The van der Waals surface area contributed by atoms with Gasteiger partial charge in [-0.15, -0.1) is 0 Å². The molecular weight excluding hydrogens is 228 g/mol. The standard InChI is InChI=1S/C15H20O3/c1-9(16)15(18)7-11-3-2-10-6-12(17)4-5-13(10)14(11)8-15/h11,14,18H,2-8H2,1H3/t11-,14-,15+/m1/s1. The molecular formula is C15H20O3. The van der Waals surface area contributed by atoms with Crippen molar-refractivity contribution in [2.75, 3.05) is 0 Å². The normalized spacial score (nSPS) is 39.6. The molecule has 0 unspecified atom stereocenters. The molecule has 3 aliphatic rings. The van der Waals surface area contributed by atoms with E-state index in [-0.39, 0.29) is 5.78 Å². The van der Waals surface area contributed by atoms with Crippen LogP contribution in [0, 0.1) is 11.8 Å². The van der Waals surface area contributed by atoms with Crippen molar-refractivity contribution in [1.82, 2.24) is 0 Å². The Morgan fingerprint density at radius 1 is 1.28 bits per heavy atom. The van der Waals surface area contributed by atoms with E-state index in [1.807, 2.05) is 0 Å². The van der Waals surface area contributed by atoms with Gasteiger partial charge in [-0.25, -0.2) is 0 Å². The Balaban J connectivity index is 1.89. The Labute approximate surface area is 107 Å². The van der Waals surface area contributed by atoms with Crippen molar-refractivity contribution in [2.24, 2.45) is 11.8 Å². The summed E-state index contributed by atoms with van der Waals surface area (Å²) in [7, 11) is 0. The van der Waals surface area contributed by atoms with E-state index < -0.39 is 5.60 Å². The van der Waals surface area contributed by atoms with E-state index in [0.717, 1.165) is 19.3 Å². The van der Waals surface area contributed by atoms with Crippen LogP contribution in [0.3, 0.4) is 0 Å². The summed E-state index contributed by atoms with van der Waals surface area (Å²) in [6, 6.07) is 0. The molecule has 0 aromatic rings. The van der Waals surface area contributed by atoms with Crippen molar-refractivity contribution in [3.05, 3.63) is 11.1 Å². The maximum atomic E-state index is 11.6. The van der Waals surface area contributed by atoms with E-state index >= 15 is 0 Å². The van der Waals surface area contributed by atoms with Crippen LogP contribution in [-0.4, -0.2) is 22.3 Å². The van der Waals surface area contributed by atoms with E-state index in [4.69, 9.17) is 0 Å². The van der Waals surface area contributed by atoms with E-state index in [1.165, 1.54) is 18.1 Å². The molecule has 0 saturated heterocycles. The lowest BCUT2D eigenvalue weighted by molar-refractivity contribution is -0.134. The fourth-order valence-electron chi connectivity index (χ4n) is 4.14. The maximum Gasteiger partial charge on any atom is 0.161 e. The monoisotopic (exact) mass is 248 g/mol. The van der Waals surface area contributed by atoms with Crippen LogP contribution >= 0.6 is 0 Å². The van der Waals surface area contributed by atoms with Gasteiger partial charge in [0.1, 0.15) is 11.4 Å². The van der Waals surface area contributed by atoms with Gasteiger partial charge in [0, 0.05) is 12.8 Å². The quantitative estimate of drug-likeness (QED) is 0.724. The number of hydrogen-bond acceptors (Lipinski definition) is 3. The zero-order chi connectivity index (χ0) is 12.9. The molecule has 0 aliphatic heterocycles. The van der Waals surface area contributed by atoms with Crippen molar-refractivity contribution in [3.8, 4) is 0 Å². The summed E-state index contributed by atoms with van der Waals surface area (Å²) in [5.41, 5.74) is 1.63. The van der Waals surface area contributed by atoms with Gasteiger partial charge in [-0.1, -0.05) is 11.1 Å². The second-order valence-electron chi connectivity index (χ2n) is 6.25. The molecule has 0 radical (unpaired) electrons. The Morgan fingerprint density at radius 3 is 2.78 bits per heavy atom. The number of rotatable bonds is 1. The average molecular weight is 248 g/mol. The van der Waals surface area contributed by atoms with Gasteiger partial charge >= 0.3 is 0 Å². The fourth-order valence-corrected chi connectivity index (χ4v) is 4.14. The topological polar surface area (TPSA) is 54.4 Å². The first-order valence-corrected chi connectivity index (χ1v) is 6.95. The molecule has 3 atom stereocenters. The minimum atomic E-state index is -1.10. The van der Waals surface area contributed by atoms with Crippen LogP contribution in [0.5, 0.6) is 0 Å². The van der Waals surface area contributed by atoms with Crippen molar-refractivity contribution < 1.29 is 14.7 Å². The van der Waals surface area contributed by atoms with Gasteiger partial charge in [0.25, 0.3) is 0 Å². The number of fused-ring (bicyclic) bond motifs is 2. The van der Waals surface area contributed by atoms with E-state index in [2.05, 4.69) is 0 Å². The van der Waals surface area contributed by atoms with E-state index in [0.29, 0.717) is 43.3 Å². The fraction of sp³-hybridized carbons (Fsp3) is 0.733. The summed E-state index contributed by atoms with van der Waals surface area (Å²) in [4.78, 5) is 23.1. The third kappa shape index (κ3) is 1.76. The third-order valence-electron chi connectivity index (χ3n) is 5.18. The van der Waals surface area contributed by atoms with Gasteiger partial charge in [0.15, 0.2) is 5.78 Å². The molecule has 0 aromatic carbocycles. The van der Waals surface area contributed by atoms with Crippen LogP contribution in [0.25, 0.3) is 0 Å². The first kappa shape index (κ1) is 12.1. The predicted molar refractivity (Wildman–Crippen MR) is 67.0 cm³/mol. The summed E-state index contributed by atoms with van der Waals surface area (Å²) in [6.45, 7) is 1.50. The Kier molecular flexibility index (Phi) is 2.70. The zero-order valence-corrected chi connectivity index (χ0v) is 10.9. The van der Waals surface area contributed by atoms with Crippen LogP contribution in [0.4, 0.5) is 0 Å². The molecule has 3 nitrogen and oxygen atoms in total. The summed E-state index contributed by atoms with van der Waals surface area (Å²) >= 11 is 0. The minimum Gasteiger partial charge on any atom is -0.382 e. The molecule has 98 valence electrons. The molecule has 1 N–H and O–H groups in total. The van der Waals surface area contributed by atoms with Gasteiger partial charge in [-0.05, 0) is 50.9 Å². The van der Waals surface area contributed by atoms with E-state index in [9.17, 15) is 14.7 Å². The van der Waals surface area contributed by atoms with Crippen LogP contribution in [0.15, 0.2) is 11.1 Å². The van der Waals surface area contributed by atoms with Crippen molar-refractivity contribution in [1.29, 1.82) is 0 Å². The number of allylic oxidation sites excluding steroid dienone is 2. The lowest BCUT2D eigenvalue weighted by atomic mass is 9.71. The number of carbonyl (C=O) groups excluding carboxylic acids is 2. The van der Waals surface area contributed by atoms with Crippen LogP contribution in [0.2, 0.25) is 0 Å². The first-order chi connectivity index (χ1) is 8.49. The largest absolute Gasteiger partial charge is 0.382 e. The van der Waals surface area contributed by atoms with E-state index in [1.54, 1.807) is 0 Å². The Morgan fingerprint density at radius 2 is 2.06 bits per heavy atom. The van der Waals surface area contributed by atoms with Crippen molar-refractivity contribution in [3.63, 3.8) is 0 Å². The molecule has 0 bridgehead atoms. The Hall–Kier alpha value is -0.960. The SMILES string of the molecule is CC(=O)[C@]1(O)C[C@H]2CCC3=C(CCC(=O)C3)[C@@H]2C1. The van der Waals surface area contributed by atoms with Gasteiger partial charge in [-0.3, -0.25) is 9.59 Å². The molecule has 0 heterocycles. The summed E-state index contributed by atoms with van der Waals surface area (Å²) < 4.78 is 0. The molecule has 1 saturated carbocycles. The van der Waals surface area contributed by atoms with Crippen molar-refractivity contribution in [2.45, 2.75) is 57.5 Å². The highest BCUT2D eigenvalue weighted by molar-refractivity contribution is 5.85. The molecule has 3 rings (SSSR count). The molecule has 3 heteroatoms. The smallest absolute Gasteiger partial charge is 0.161 e. The number of hydrogen-bond donors (Lipinski definition) is 1. The maximum absolute atomic E-state index is 11.6. The molecule has 1 fully saturated rings. The second-order valence-corrected chi connectivity index (χ2v) is 6.25. The molecule has 3 aliphatic carbocycles. The highest BCUT2D eigenvalue weighted by atomic mass is 16.3. The van der Waals surface area contributed by atoms with Crippen LogP contribution in [-0.2, 0) is 9.59 Å². The number of aliphatic hydroxyl groups is 1. The summed E-state index contributed by atoms with van der Waals surface area (Å²) in [6.07, 6.45) is 5.38. The van der Waals surface area contributed by atoms with Crippen LogP contribution < -0.4 is 0 Å². The minimum absolute atomic E-state index is 0.0917. The molecule has 18 heavy (non-hydrogen) atoms. The first-order valence-electron chi connectivity index (χ1n) is 6.95. The second kappa shape index (κ2) is 4.02. The third-order valence-corrected chi connectivity index (χ3v) is 5.18. The summed E-state index contributed by atoms with van der Waals surface area (Å²) in [5, 5.41) is 10.4. The zero-order valence-electron chi connectivity index (χ0n) is 10.9. The highest BCUT2D eigenvalue weighted by Gasteiger charge is 2.50. The van der Waals surface area contributed by atoms with Gasteiger partial charge in [-0.2, -0.15) is 0 Å². The number of ketones is 2. The van der Waals surface area contributed by atoms with Crippen LogP contribution in [0.1, 0.15) is 51.9 Å². The van der Waals surface area contributed by atoms with Gasteiger partial charge in [0.2, 0.25) is 0 Å². The lowest BCUT2D eigenvalue weighted by Crippen LogP contribution is -2.34. The lowest BCUT2D eigenvalue weighted by Gasteiger charge is -2.33. The van der Waals surface area contributed by atoms with Gasteiger partial charge in [0.05, 0.1) is 0 Å². The molecule has 0 amide bonds. The Bertz CT molecular complexity index is 449. The predicted octanol–water partition coefficient (Wildman–Crippen LogP) is 2.18.